The molecule has 5 nitrogen and oxygen atoms in total. The van der Waals surface area contributed by atoms with Gasteiger partial charge >= 0.3 is 12.0 Å². The Balaban J connectivity index is 2.09. The van der Waals surface area contributed by atoms with Crippen molar-refractivity contribution in [2.24, 2.45) is 0 Å². The number of fused-ring (bicyclic) bond motifs is 1. The maximum absolute atomic E-state index is 11.6. The first-order valence-corrected chi connectivity index (χ1v) is 5.80. The fourth-order valence-electron chi connectivity index (χ4n) is 1.73. The number of anilines is 1. The zero-order chi connectivity index (χ0) is 13.7. The number of urea groups is 1. The molecule has 0 aliphatic carbocycles. The van der Waals surface area contributed by atoms with E-state index in [-0.39, 0.29) is 6.54 Å². The van der Waals surface area contributed by atoms with E-state index in [0.717, 1.165) is 10.8 Å². The highest BCUT2D eigenvalue weighted by molar-refractivity contribution is 6.02. The summed E-state index contributed by atoms with van der Waals surface area (Å²) in [4.78, 5) is 22.6. The summed E-state index contributed by atoms with van der Waals surface area (Å²) < 4.78 is 4.44. The molecule has 5 heteroatoms. The minimum atomic E-state index is -0.493. The molecule has 0 heterocycles. The molecule has 2 N–H and O–H groups in total. The van der Waals surface area contributed by atoms with Gasteiger partial charge < -0.3 is 15.4 Å². The van der Waals surface area contributed by atoms with Crippen LogP contribution in [0.5, 0.6) is 0 Å². The van der Waals surface area contributed by atoms with Crippen LogP contribution >= 0.6 is 0 Å². The summed E-state index contributed by atoms with van der Waals surface area (Å²) in [6.45, 7) is -0.160. The van der Waals surface area contributed by atoms with Gasteiger partial charge in [0.2, 0.25) is 0 Å². The number of rotatable bonds is 3. The number of ether oxygens (including phenoxy) is 1. The van der Waals surface area contributed by atoms with E-state index < -0.39 is 12.0 Å². The van der Waals surface area contributed by atoms with Gasteiger partial charge in [0.05, 0.1) is 12.8 Å². The van der Waals surface area contributed by atoms with Crippen LogP contribution in [-0.4, -0.2) is 25.7 Å². The van der Waals surface area contributed by atoms with E-state index in [0.29, 0.717) is 5.69 Å². The van der Waals surface area contributed by atoms with E-state index in [2.05, 4.69) is 15.4 Å². The lowest BCUT2D eigenvalue weighted by Crippen LogP contribution is -2.33. The van der Waals surface area contributed by atoms with Crippen LogP contribution in [0.15, 0.2) is 42.5 Å². The molecule has 0 atom stereocenters. The Kier molecular flexibility index (Phi) is 3.97. The number of methoxy groups -OCH3 is 1. The molecule has 0 radical (unpaired) electrons. The Hall–Kier alpha value is -2.56. The number of nitrogens with one attached hydrogen (secondary N) is 2. The molecule has 98 valence electrons. The van der Waals surface area contributed by atoms with Gasteiger partial charge in [0.1, 0.15) is 6.54 Å². The molecule has 2 aromatic carbocycles. The topological polar surface area (TPSA) is 67.4 Å². The van der Waals surface area contributed by atoms with Crippen LogP contribution in [0.3, 0.4) is 0 Å². The predicted octanol–water partition coefficient (Wildman–Crippen LogP) is 2.13. The van der Waals surface area contributed by atoms with Crippen LogP contribution in [0.2, 0.25) is 0 Å². The van der Waals surface area contributed by atoms with Crippen molar-refractivity contribution in [3.05, 3.63) is 42.5 Å². The molecular weight excluding hydrogens is 244 g/mol. The first kappa shape index (κ1) is 12.9. The van der Waals surface area contributed by atoms with Crippen molar-refractivity contribution < 1.29 is 14.3 Å². The second-order valence-corrected chi connectivity index (χ2v) is 3.91. The van der Waals surface area contributed by atoms with E-state index in [1.54, 1.807) is 6.07 Å². The molecule has 19 heavy (non-hydrogen) atoms. The fourth-order valence-corrected chi connectivity index (χ4v) is 1.73. The van der Waals surface area contributed by atoms with E-state index >= 15 is 0 Å². The third-order valence-corrected chi connectivity index (χ3v) is 2.66. The maximum atomic E-state index is 11.6. The Morgan fingerprint density at radius 3 is 2.63 bits per heavy atom. The summed E-state index contributed by atoms with van der Waals surface area (Å²) in [5, 5.41) is 7.11. The molecule has 2 aromatic rings. The molecule has 0 aromatic heterocycles. The number of carbonyl (C=O) groups excluding carboxylic acids is 2. The van der Waals surface area contributed by atoms with Gasteiger partial charge in [-0.05, 0) is 11.5 Å². The molecule has 0 aliphatic heterocycles. The molecule has 0 spiro atoms. The third kappa shape index (κ3) is 3.22. The molecule has 0 saturated carbocycles. The third-order valence-electron chi connectivity index (χ3n) is 2.66. The second kappa shape index (κ2) is 5.86. The lowest BCUT2D eigenvalue weighted by molar-refractivity contribution is -0.139. The number of hydrogen-bond acceptors (Lipinski definition) is 3. The number of amides is 2. The van der Waals surface area contributed by atoms with E-state index in [1.807, 2.05) is 36.4 Å². The first-order chi connectivity index (χ1) is 9.20. The number of esters is 1. The van der Waals surface area contributed by atoms with Gasteiger partial charge in [0.25, 0.3) is 0 Å². The lowest BCUT2D eigenvalue weighted by atomic mass is 10.1. The van der Waals surface area contributed by atoms with Gasteiger partial charge in [0.15, 0.2) is 0 Å². The normalized spacial score (nSPS) is 9.95. The van der Waals surface area contributed by atoms with Crippen LogP contribution in [-0.2, 0) is 9.53 Å². The summed E-state index contributed by atoms with van der Waals surface area (Å²) in [6.07, 6.45) is 0. The summed E-state index contributed by atoms with van der Waals surface area (Å²) in [6, 6.07) is 12.9. The molecule has 0 fully saturated rings. The van der Waals surface area contributed by atoms with Crippen molar-refractivity contribution >= 4 is 28.5 Å². The van der Waals surface area contributed by atoms with Crippen molar-refractivity contribution in [2.75, 3.05) is 19.0 Å². The van der Waals surface area contributed by atoms with Gasteiger partial charge in [-0.2, -0.15) is 0 Å². The minimum absolute atomic E-state index is 0.160. The average Bonchev–Trinajstić information content (AvgIpc) is 2.45. The van der Waals surface area contributed by atoms with Crippen molar-refractivity contribution in [2.45, 2.75) is 0 Å². The molecule has 0 aliphatic rings. The number of hydrogen-bond donors (Lipinski definition) is 2. The summed E-state index contributed by atoms with van der Waals surface area (Å²) in [5.41, 5.74) is 0.695. The van der Waals surface area contributed by atoms with Crippen molar-refractivity contribution in [1.29, 1.82) is 0 Å². The highest BCUT2D eigenvalue weighted by atomic mass is 16.5. The number of carbonyl (C=O) groups is 2. The fraction of sp³-hybridized carbons (Fsp3) is 0.143. The van der Waals surface area contributed by atoms with Crippen molar-refractivity contribution in [3.8, 4) is 0 Å². The highest BCUT2D eigenvalue weighted by Crippen LogP contribution is 2.22. The Bertz CT molecular complexity index is 605. The molecule has 0 saturated heterocycles. The molecule has 2 amide bonds. The molecular formula is C14H14N2O3. The summed E-state index contributed by atoms with van der Waals surface area (Å²) in [5.74, 6) is -0.493. The van der Waals surface area contributed by atoms with Crippen LogP contribution in [0, 0.1) is 0 Å². The zero-order valence-electron chi connectivity index (χ0n) is 10.5. The number of benzene rings is 2. The first-order valence-electron chi connectivity index (χ1n) is 5.80. The van der Waals surface area contributed by atoms with E-state index in [9.17, 15) is 9.59 Å². The van der Waals surface area contributed by atoms with Gasteiger partial charge in [0, 0.05) is 5.39 Å². The lowest BCUT2D eigenvalue weighted by Gasteiger charge is -2.09. The zero-order valence-corrected chi connectivity index (χ0v) is 10.5. The molecule has 2 rings (SSSR count). The highest BCUT2D eigenvalue weighted by Gasteiger charge is 2.07. The van der Waals surface area contributed by atoms with Gasteiger partial charge in [-0.3, -0.25) is 4.79 Å². The van der Waals surface area contributed by atoms with Crippen molar-refractivity contribution in [3.63, 3.8) is 0 Å². The van der Waals surface area contributed by atoms with Crippen LogP contribution in [0.25, 0.3) is 10.8 Å². The second-order valence-electron chi connectivity index (χ2n) is 3.91. The standard InChI is InChI=1S/C14H14N2O3/c1-19-13(17)9-15-14(18)16-12-8-4-6-10-5-2-3-7-11(10)12/h2-8H,9H2,1H3,(H2,15,16,18). The van der Waals surface area contributed by atoms with Gasteiger partial charge in [-0.15, -0.1) is 0 Å². The Morgan fingerprint density at radius 1 is 1.11 bits per heavy atom. The Labute approximate surface area is 110 Å². The molecule has 0 unspecified atom stereocenters. The van der Waals surface area contributed by atoms with Gasteiger partial charge in [-0.25, -0.2) is 4.79 Å². The quantitative estimate of drug-likeness (QED) is 0.829. The van der Waals surface area contributed by atoms with Crippen LogP contribution in [0.1, 0.15) is 0 Å². The molecule has 0 bridgehead atoms. The maximum Gasteiger partial charge on any atom is 0.325 e. The van der Waals surface area contributed by atoms with Gasteiger partial charge in [-0.1, -0.05) is 36.4 Å². The summed E-state index contributed by atoms with van der Waals surface area (Å²) >= 11 is 0. The predicted molar refractivity (Wildman–Crippen MR) is 73.0 cm³/mol. The van der Waals surface area contributed by atoms with E-state index in [4.69, 9.17) is 0 Å². The van der Waals surface area contributed by atoms with Crippen LogP contribution in [0.4, 0.5) is 10.5 Å². The smallest absolute Gasteiger partial charge is 0.325 e. The van der Waals surface area contributed by atoms with Crippen molar-refractivity contribution in [1.82, 2.24) is 5.32 Å². The van der Waals surface area contributed by atoms with E-state index in [1.165, 1.54) is 7.11 Å². The summed E-state index contributed by atoms with van der Waals surface area (Å²) in [7, 11) is 1.27. The van der Waals surface area contributed by atoms with Crippen LogP contribution < -0.4 is 10.6 Å². The minimum Gasteiger partial charge on any atom is -0.468 e. The average molecular weight is 258 g/mol. The SMILES string of the molecule is COC(=O)CNC(=O)Nc1cccc2ccccc12. The monoisotopic (exact) mass is 258 g/mol. The largest absolute Gasteiger partial charge is 0.468 e. The Morgan fingerprint density at radius 2 is 1.84 bits per heavy atom.